The van der Waals surface area contributed by atoms with E-state index in [1.54, 1.807) is 0 Å². The van der Waals surface area contributed by atoms with Gasteiger partial charge >= 0.3 is 5.97 Å². The predicted molar refractivity (Wildman–Crippen MR) is 72.0 cm³/mol. The SMILES string of the molecule is Cc1ccccc1N1C(C)CNCC1CC(=O)O. The van der Waals surface area contributed by atoms with E-state index in [0.29, 0.717) is 6.04 Å². The van der Waals surface area contributed by atoms with Gasteiger partial charge in [-0.3, -0.25) is 4.79 Å². The molecular weight excluding hydrogens is 228 g/mol. The number of anilines is 1. The zero-order valence-electron chi connectivity index (χ0n) is 10.9. The van der Waals surface area contributed by atoms with Crippen molar-refractivity contribution in [2.45, 2.75) is 32.4 Å². The van der Waals surface area contributed by atoms with E-state index in [2.05, 4.69) is 36.2 Å². The second kappa shape index (κ2) is 5.40. The lowest BCUT2D eigenvalue weighted by atomic mass is 10.0. The Labute approximate surface area is 108 Å². The summed E-state index contributed by atoms with van der Waals surface area (Å²) in [5.74, 6) is -0.741. The number of rotatable bonds is 3. The normalized spacial score (nSPS) is 24.0. The molecule has 98 valence electrons. The summed E-state index contributed by atoms with van der Waals surface area (Å²) in [6, 6.07) is 8.50. The van der Waals surface area contributed by atoms with Crippen molar-refractivity contribution in [3.05, 3.63) is 29.8 Å². The van der Waals surface area contributed by atoms with Crippen LogP contribution in [-0.2, 0) is 4.79 Å². The van der Waals surface area contributed by atoms with Gasteiger partial charge in [0.15, 0.2) is 0 Å². The molecule has 1 aliphatic heterocycles. The minimum atomic E-state index is -0.741. The number of piperazine rings is 1. The highest BCUT2D eigenvalue weighted by Crippen LogP contribution is 2.26. The number of para-hydroxylation sites is 1. The fraction of sp³-hybridized carbons (Fsp3) is 0.500. The van der Waals surface area contributed by atoms with Gasteiger partial charge in [0.25, 0.3) is 0 Å². The topological polar surface area (TPSA) is 52.6 Å². The van der Waals surface area contributed by atoms with Crippen molar-refractivity contribution in [3.63, 3.8) is 0 Å². The molecule has 4 heteroatoms. The van der Waals surface area contributed by atoms with E-state index >= 15 is 0 Å². The fourth-order valence-corrected chi connectivity index (χ4v) is 2.67. The first-order valence-electron chi connectivity index (χ1n) is 6.36. The highest BCUT2D eigenvalue weighted by atomic mass is 16.4. The summed E-state index contributed by atoms with van der Waals surface area (Å²) in [4.78, 5) is 13.2. The van der Waals surface area contributed by atoms with Gasteiger partial charge in [-0.1, -0.05) is 18.2 Å². The smallest absolute Gasteiger partial charge is 0.305 e. The summed E-state index contributed by atoms with van der Waals surface area (Å²) in [5.41, 5.74) is 2.35. The van der Waals surface area contributed by atoms with Gasteiger partial charge in [0.05, 0.1) is 12.5 Å². The summed E-state index contributed by atoms with van der Waals surface area (Å²) in [6.07, 6.45) is 0.172. The van der Waals surface area contributed by atoms with Crippen LogP contribution < -0.4 is 10.2 Å². The number of carboxylic acids is 1. The molecule has 4 nitrogen and oxygen atoms in total. The van der Waals surface area contributed by atoms with Crippen molar-refractivity contribution in [3.8, 4) is 0 Å². The maximum Gasteiger partial charge on any atom is 0.305 e. The van der Waals surface area contributed by atoms with Gasteiger partial charge < -0.3 is 15.3 Å². The highest BCUT2D eigenvalue weighted by molar-refractivity contribution is 5.69. The van der Waals surface area contributed by atoms with E-state index in [1.807, 2.05) is 12.1 Å². The first-order chi connectivity index (χ1) is 8.59. The third-order valence-electron chi connectivity index (χ3n) is 3.49. The maximum absolute atomic E-state index is 11.0. The molecule has 1 saturated heterocycles. The van der Waals surface area contributed by atoms with E-state index in [-0.39, 0.29) is 12.5 Å². The Morgan fingerprint density at radius 1 is 1.44 bits per heavy atom. The molecular formula is C14H20N2O2. The summed E-state index contributed by atoms with van der Waals surface area (Å²) in [7, 11) is 0. The molecule has 2 atom stereocenters. The van der Waals surface area contributed by atoms with Gasteiger partial charge in [0.1, 0.15) is 0 Å². The van der Waals surface area contributed by atoms with Crippen LogP contribution in [0.3, 0.4) is 0 Å². The Morgan fingerprint density at radius 3 is 2.83 bits per heavy atom. The van der Waals surface area contributed by atoms with Crippen LogP contribution in [0.2, 0.25) is 0 Å². The van der Waals surface area contributed by atoms with Gasteiger partial charge in [0.2, 0.25) is 0 Å². The lowest BCUT2D eigenvalue weighted by molar-refractivity contribution is -0.137. The van der Waals surface area contributed by atoms with E-state index in [0.717, 1.165) is 18.8 Å². The quantitative estimate of drug-likeness (QED) is 0.854. The van der Waals surface area contributed by atoms with Crippen LogP contribution in [0.15, 0.2) is 24.3 Å². The predicted octanol–water partition coefficient (Wildman–Crippen LogP) is 1.64. The largest absolute Gasteiger partial charge is 0.481 e. The zero-order valence-corrected chi connectivity index (χ0v) is 10.9. The Bertz CT molecular complexity index is 434. The minimum absolute atomic E-state index is 0.0207. The van der Waals surface area contributed by atoms with Crippen molar-refractivity contribution in [1.82, 2.24) is 5.32 Å². The van der Waals surface area contributed by atoms with E-state index in [1.165, 1.54) is 5.56 Å². The van der Waals surface area contributed by atoms with Crippen LogP contribution in [0, 0.1) is 6.92 Å². The number of aryl methyl sites for hydroxylation is 1. The monoisotopic (exact) mass is 248 g/mol. The van der Waals surface area contributed by atoms with Crippen molar-refractivity contribution < 1.29 is 9.90 Å². The summed E-state index contributed by atoms with van der Waals surface area (Å²) in [5, 5.41) is 12.3. The van der Waals surface area contributed by atoms with Crippen LogP contribution in [0.4, 0.5) is 5.69 Å². The number of hydrogen-bond acceptors (Lipinski definition) is 3. The van der Waals surface area contributed by atoms with Gasteiger partial charge in [-0.15, -0.1) is 0 Å². The van der Waals surface area contributed by atoms with E-state index in [4.69, 9.17) is 5.11 Å². The fourth-order valence-electron chi connectivity index (χ4n) is 2.67. The van der Waals surface area contributed by atoms with Crippen LogP contribution >= 0.6 is 0 Å². The molecule has 0 amide bonds. The maximum atomic E-state index is 11.0. The molecule has 0 radical (unpaired) electrons. The summed E-state index contributed by atoms with van der Waals surface area (Å²) in [6.45, 7) is 5.82. The molecule has 18 heavy (non-hydrogen) atoms. The third-order valence-corrected chi connectivity index (χ3v) is 3.49. The lowest BCUT2D eigenvalue weighted by Crippen LogP contribution is -2.57. The van der Waals surface area contributed by atoms with E-state index < -0.39 is 5.97 Å². The van der Waals surface area contributed by atoms with Crippen LogP contribution in [0.1, 0.15) is 18.9 Å². The number of benzene rings is 1. The minimum Gasteiger partial charge on any atom is -0.481 e. The number of carbonyl (C=O) groups is 1. The standard InChI is InChI=1S/C14H20N2O2/c1-10-5-3-4-6-13(10)16-11(2)8-15-9-12(16)7-14(17)18/h3-6,11-12,15H,7-9H2,1-2H3,(H,17,18). The number of carboxylic acid groups (broad SMARTS) is 1. The molecule has 0 bridgehead atoms. The van der Waals surface area contributed by atoms with Crippen LogP contribution in [0.25, 0.3) is 0 Å². The average Bonchev–Trinajstić information content (AvgIpc) is 2.30. The number of nitrogens with one attached hydrogen (secondary N) is 1. The number of hydrogen-bond donors (Lipinski definition) is 2. The Balaban J connectivity index is 2.30. The first-order valence-corrected chi connectivity index (χ1v) is 6.36. The molecule has 0 spiro atoms. The van der Waals surface area contributed by atoms with Crippen molar-refractivity contribution in [2.24, 2.45) is 0 Å². The Kier molecular flexibility index (Phi) is 3.87. The van der Waals surface area contributed by atoms with Gasteiger partial charge in [-0.2, -0.15) is 0 Å². The second-order valence-corrected chi connectivity index (χ2v) is 4.95. The molecule has 1 aromatic carbocycles. The summed E-state index contributed by atoms with van der Waals surface area (Å²) >= 11 is 0. The Hall–Kier alpha value is -1.55. The molecule has 2 unspecified atom stereocenters. The molecule has 1 aromatic rings. The molecule has 1 heterocycles. The van der Waals surface area contributed by atoms with Crippen LogP contribution in [0.5, 0.6) is 0 Å². The van der Waals surface area contributed by atoms with Crippen molar-refractivity contribution >= 4 is 11.7 Å². The number of nitrogens with zero attached hydrogens (tertiary/aromatic N) is 1. The molecule has 1 fully saturated rings. The van der Waals surface area contributed by atoms with Crippen molar-refractivity contribution in [1.29, 1.82) is 0 Å². The highest BCUT2D eigenvalue weighted by Gasteiger charge is 2.30. The molecule has 0 aromatic heterocycles. The molecule has 2 N–H and O–H groups in total. The second-order valence-electron chi connectivity index (χ2n) is 4.95. The molecule has 1 aliphatic rings. The molecule has 0 saturated carbocycles. The lowest BCUT2D eigenvalue weighted by Gasteiger charge is -2.43. The summed E-state index contributed by atoms with van der Waals surface area (Å²) < 4.78 is 0. The van der Waals surface area contributed by atoms with E-state index in [9.17, 15) is 4.79 Å². The van der Waals surface area contributed by atoms with Gasteiger partial charge in [-0.25, -0.2) is 0 Å². The van der Waals surface area contributed by atoms with Crippen LogP contribution in [-0.4, -0.2) is 36.2 Å². The van der Waals surface area contributed by atoms with Crippen molar-refractivity contribution in [2.75, 3.05) is 18.0 Å². The zero-order chi connectivity index (χ0) is 13.1. The molecule has 2 rings (SSSR count). The Morgan fingerprint density at radius 2 is 2.17 bits per heavy atom. The molecule has 0 aliphatic carbocycles. The third kappa shape index (κ3) is 2.64. The number of aliphatic carboxylic acids is 1. The first kappa shape index (κ1) is 12.9. The van der Waals surface area contributed by atoms with Gasteiger partial charge in [-0.05, 0) is 25.5 Å². The average molecular weight is 248 g/mol. The van der Waals surface area contributed by atoms with Gasteiger partial charge in [0, 0.05) is 24.8 Å².